The van der Waals surface area contributed by atoms with Gasteiger partial charge in [-0.15, -0.1) is 0 Å². The highest BCUT2D eigenvalue weighted by atomic mass is 35.5. The van der Waals surface area contributed by atoms with Crippen LogP contribution in [0.4, 0.5) is 5.69 Å². The van der Waals surface area contributed by atoms with Gasteiger partial charge in [-0.2, -0.15) is 0 Å². The minimum atomic E-state index is -0.484. The van der Waals surface area contributed by atoms with E-state index in [9.17, 15) is 9.59 Å². The topological polar surface area (TPSA) is 64.0 Å². The monoisotopic (exact) mass is 421 g/mol. The molecule has 0 fully saturated rings. The van der Waals surface area contributed by atoms with Crippen molar-refractivity contribution < 1.29 is 4.79 Å². The number of halogens is 2. The number of hydrogen-bond acceptors (Lipinski definition) is 4. The summed E-state index contributed by atoms with van der Waals surface area (Å²) in [4.78, 5) is 29.8. The van der Waals surface area contributed by atoms with E-state index in [4.69, 9.17) is 23.2 Å². The molecule has 3 rings (SSSR count). The third kappa shape index (κ3) is 4.29. The van der Waals surface area contributed by atoms with Gasteiger partial charge in [0.2, 0.25) is 5.91 Å². The molecule has 0 saturated heterocycles. The summed E-state index contributed by atoms with van der Waals surface area (Å²) in [6.45, 7) is 4.10. The lowest BCUT2D eigenvalue weighted by atomic mass is 10.2. The Hall–Kier alpha value is -2.02. The lowest BCUT2D eigenvalue weighted by Gasteiger charge is -2.16. The molecule has 0 saturated carbocycles. The Morgan fingerprint density at radius 3 is 2.70 bits per heavy atom. The lowest BCUT2D eigenvalue weighted by molar-refractivity contribution is -0.115. The third-order valence-electron chi connectivity index (χ3n) is 3.98. The smallest absolute Gasteiger partial charge is 0.262 e. The van der Waals surface area contributed by atoms with E-state index in [1.165, 1.54) is 11.8 Å². The van der Waals surface area contributed by atoms with Crippen molar-refractivity contribution in [2.45, 2.75) is 30.8 Å². The van der Waals surface area contributed by atoms with Crippen LogP contribution >= 0.6 is 35.0 Å². The summed E-state index contributed by atoms with van der Waals surface area (Å²) in [6, 6.07) is 12.1. The van der Waals surface area contributed by atoms with Gasteiger partial charge >= 0.3 is 0 Å². The molecule has 2 aromatic carbocycles. The van der Waals surface area contributed by atoms with Gasteiger partial charge in [-0.25, -0.2) is 4.98 Å². The Bertz CT molecular complexity index is 1070. The van der Waals surface area contributed by atoms with E-state index in [0.29, 0.717) is 38.3 Å². The van der Waals surface area contributed by atoms with E-state index in [1.54, 1.807) is 41.8 Å². The zero-order chi connectivity index (χ0) is 19.6. The third-order valence-corrected chi connectivity index (χ3v) is 5.62. The predicted octanol–water partition coefficient (Wildman–Crippen LogP) is 4.84. The second kappa shape index (κ2) is 8.33. The van der Waals surface area contributed by atoms with Gasteiger partial charge in [0.25, 0.3) is 5.56 Å². The quantitative estimate of drug-likeness (QED) is 0.472. The van der Waals surface area contributed by atoms with E-state index in [0.717, 1.165) is 0 Å². The highest BCUT2D eigenvalue weighted by Crippen LogP contribution is 2.28. The molecular weight excluding hydrogens is 405 g/mol. The molecule has 3 aromatic rings. The minimum Gasteiger partial charge on any atom is -0.324 e. The number of thioether (sulfide) groups is 1. The van der Waals surface area contributed by atoms with Crippen molar-refractivity contribution in [3.05, 3.63) is 62.9 Å². The first kappa shape index (κ1) is 19.7. The van der Waals surface area contributed by atoms with Gasteiger partial charge in [0.15, 0.2) is 5.16 Å². The molecule has 27 heavy (non-hydrogen) atoms. The largest absolute Gasteiger partial charge is 0.324 e. The Balaban J connectivity index is 1.85. The van der Waals surface area contributed by atoms with Crippen LogP contribution in [0.1, 0.15) is 13.8 Å². The summed E-state index contributed by atoms with van der Waals surface area (Å²) in [7, 11) is 0. The number of fused-ring (bicyclic) bond motifs is 1. The number of rotatable bonds is 5. The van der Waals surface area contributed by atoms with E-state index >= 15 is 0 Å². The van der Waals surface area contributed by atoms with Crippen LogP contribution in [0.15, 0.2) is 52.4 Å². The van der Waals surface area contributed by atoms with Gasteiger partial charge < -0.3 is 5.32 Å². The fourth-order valence-electron chi connectivity index (χ4n) is 2.55. The number of nitrogens with one attached hydrogen (secondary N) is 1. The summed E-state index contributed by atoms with van der Waals surface area (Å²) >= 11 is 13.2. The number of anilines is 1. The molecular formula is C19H17Cl2N3O2S. The maximum atomic E-state index is 12.7. The van der Waals surface area contributed by atoms with E-state index in [1.807, 2.05) is 19.1 Å². The van der Waals surface area contributed by atoms with E-state index in [2.05, 4.69) is 10.3 Å². The highest BCUT2D eigenvalue weighted by Gasteiger charge is 2.19. The predicted molar refractivity (Wildman–Crippen MR) is 112 cm³/mol. The summed E-state index contributed by atoms with van der Waals surface area (Å²) < 4.78 is 1.58. The molecule has 1 atom stereocenters. The maximum absolute atomic E-state index is 12.7. The first-order valence-electron chi connectivity index (χ1n) is 8.33. The average molecular weight is 422 g/mol. The van der Waals surface area contributed by atoms with Crippen LogP contribution in [0.5, 0.6) is 0 Å². The fraction of sp³-hybridized carbons (Fsp3) is 0.211. The maximum Gasteiger partial charge on any atom is 0.262 e. The second-order valence-corrected chi connectivity index (χ2v) is 7.99. The molecule has 0 bridgehead atoms. The van der Waals surface area contributed by atoms with E-state index < -0.39 is 5.25 Å². The second-order valence-electron chi connectivity index (χ2n) is 5.83. The molecule has 0 spiro atoms. The number of aromatic nitrogens is 2. The van der Waals surface area contributed by atoms with Gasteiger partial charge in [-0.3, -0.25) is 14.2 Å². The van der Waals surface area contributed by atoms with Crippen molar-refractivity contribution >= 4 is 57.5 Å². The molecule has 8 heteroatoms. The van der Waals surface area contributed by atoms with Crippen molar-refractivity contribution in [1.82, 2.24) is 9.55 Å². The van der Waals surface area contributed by atoms with Crippen molar-refractivity contribution in [3.8, 4) is 0 Å². The van der Waals surface area contributed by atoms with Crippen LogP contribution in [0, 0.1) is 0 Å². The molecule has 0 aliphatic rings. The first-order valence-corrected chi connectivity index (χ1v) is 9.96. The van der Waals surface area contributed by atoms with Crippen LogP contribution in [-0.2, 0) is 11.3 Å². The zero-order valence-electron chi connectivity index (χ0n) is 14.7. The normalized spacial score (nSPS) is 12.1. The van der Waals surface area contributed by atoms with Crippen molar-refractivity contribution in [3.63, 3.8) is 0 Å². The fourth-order valence-corrected chi connectivity index (χ4v) is 3.98. The number of benzene rings is 2. The van der Waals surface area contributed by atoms with Crippen LogP contribution in [0.25, 0.3) is 10.9 Å². The van der Waals surface area contributed by atoms with Gasteiger partial charge in [0, 0.05) is 11.6 Å². The molecule has 0 aliphatic carbocycles. The summed E-state index contributed by atoms with van der Waals surface area (Å²) in [5.74, 6) is -0.241. The zero-order valence-corrected chi connectivity index (χ0v) is 17.0. The highest BCUT2D eigenvalue weighted by molar-refractivity contribution is 8.00. The standard InChI is InChI=1S/C19H17Cl2N3O2S/c1-3-24-18(26)13-6-4-5-7-15(13)23-19(24)27-11(2)17(25)22-16-9-8-12(20)10-14(16)21/h4-11H,3H2,1-2H3,(H,22,25). The molecule has 1 amide bonds. The Morgan fingerprint density at radius 1 is 1.26 bits per heavy atom. The molecule has 1 N–H and O–H groups in total. The van der Waals surface area contributed by atoms with Crippen LogP contribution in [0.3, 0.4) is 0 Å². The van der Waals surface area contributed by atoms with Crippen LogP contribution in [0.2, 0.25) is 10.0 Å². The van der Waals surface area contributed by atoms with Crippen molar-refractivity contribution in [2.75, 3.05) is 5.32 Å². The molecule has 0 radical (unpaired) electrons. The molecule has 1 aromatic heterocycles. The molecule has 140 valence electrons. The van der Waals surface area contributed by atoms with Gasteiger partial charge in [-0.1, -0.05) is 47.1 Å². The van der Waals surface area contributed by atoms with Gasteiger partial charge in [0.1, 0.15) is 0 Å². The summed E-state index contributed by atoms with van der Waals surface area (Å²) in [5, 5.41) is 4.22. The van der Waals surface area contributed by atoms with E-state index in [-0.39, 0.29) is 11.5 Å². The first-order chi connectivity index (χ1) is 12.9. The van der Waals surface area contributed by atoms with Gasteiger partial charge in [-0.05, 0) is 44.2 Å². The minimum absolute atomic E-state index is 0.112. The summed E-state index contributed by atoms with van der Waals surface area (Å²) in [6.07, 6.45) is 0. The Labute approximate surface area is 170 Å². The number of nitrogens with zero attached hydrogens (tertiary/aromatic N) is 2. The van der Waals surface area contributed by atoms with Crippen molar-refractivity contribution in [2.24, 2.45) is 0 Å². The summed E-state index contributed by atoms with van der Waals surface area (Å²) in [5.41, 5.74) is 0.986. The average Bonchev–Trinajstić information content (AvgIpc) is 2.64. The van der Waals surface area contributed by atoms with Gasteiger partial charge in [0.05, 0.1) is 26.9 Å². The number of hydrogen-bond donors (Lipinski definition) is 1. The number of carbonyl (C=O) groups is 1. The Kier molecular flexibility index (Phi) is 6.09. The van der Waals surface area contributed by atoms with Crippen LogP contribution < -0.4 is 10.9 Å². The molecule has 1 unspecified atom stereocenters. The number of amides is 1. The van der Waals surface area contributed by atoms with Crippen LogP contribution in [-0.4, -0.2) is 20.7 Å². The lowest BCUT2D eigenvalue weighted by Crippen LogP contribution is -2.26. The Morgan fingerprint density at radius 2 is 2.00 bits per heavy atom. The number of para-hydroxylation sites is 1. The van der Waals surface area contributed by atoms with Crippen molar-refractivity contribution in [1.29, 1.82) is 0 Å². The molecule has 0 aliphatic heterocycles. The molecule has 5 nitrogen and oxygen atoms in total. The molecule has 1 heterocycles. The SMILES string of the molecule is CCn1c(SC(C)C(=O)Nc2ccc(Cl)cc2Cl)nc2ccccc2c1=O. The number of carbonyl (C=O) groups excluding carboxylic acids is 1.